The van der Waals surface area contributed by atoms with Crippen LogP contribution in [0.15, 0.2) is 50.2 Å². The largest absolute Gasteiger partial charge is 0.456 e. The van der Waals surface area contributed by atoms with Gasteiger partial charge in [-0.05, 0) is 63.6 Å². The topological polar surface area (TPSA) is 97.7 Å². The average molecular weight is 540 g/mol. The predicted octanol–water partition coefficient (Wildman–Crippen LogP) is 5.72. The molecule has 8 nitrogen and oxygen atoms in total. The number of nitrogens with one attached hydrogen (secondary N) is 1. The van der Waals surface area contributed by atoms with Crippen molar-refractivity contribution in [2.45, 2.75) is 39.3 Å². The van der Waals surface area contributed by atoms with Crippen LogP contribution in [0.5, 0.6) is 0 Å². The summed E-state index contributed by atoms with van der Waals surface area (Å²) in [5.74, 6) is 0.586. The van der Waals surface area contributed by atoms with E-state index in [9.17, 15) is 9.59 Å². The van der Waals surface area contributed by atoms with Gasteiger partial charge in [0.15, 0.2) is 0 Å². The van der Waals surface area contributed by atoms with Crippen molar-refractivity contribution in [2.24, 2.45) is 0 Å². The molecule has 35 heavy (non-hydrogen) atoms. The number of imidazole rings is 1. The summed E-state index contributed by atoms with van der Waals surface area (Å²) >= 11 is 3.49. The number of morpholine rings is 1. The highest BCUT2D eigenvalue weighted by atomic mass is 79.9. The Morgan fingerprint density at radius 1 is 1.20 bits per heavy atom. The number of aryl methyl sites for hydroxylation is 1. The molecular formula is C26H26BrN3O5. The number of ether oxygens (including phenoxy) is 2. The third kappa shape index (κ3) is 4.58. The molecule has 2 aromatic carbocycles. The summed E-state index contributed by atoms with van der Waals surface area (Å²) in [6, 6.07) is 8.71. The Morgan fingerprint density at radius 3 is 2.74 bits per heavy atom. The summed E-state index contributed by atoms with van der Waals surface area (Å²) in [5, 5.41) is 1.01. The molecular weight excluding hydrogens is 514 g/mol. The quantitative estimate of drug-likeness (QED) is 0.327. The van der Waals surface area contributed by atoms with Crippen LogP contribution >= 0.6 is 15.9 Å². The zero-order valence-electron chi connectivity index (χ0n) is 20.0. The van der Waals surface area contributed by atoms with Crippen LogP contribution in [-0.4, -0.2) is 46.3 Å². The van der Waals surface area contributed by atoms with E-state index in [2.05, 4.69) is 25.9 Å². The van der Waals surface area contributed by atoms with Gasteiger partial charge in [0.25, 0.3) is 0 Å². The molecule has 1 saturated heterocycles. The van der Waals surface area contributed by atoms with E-state index in [0.717, 1.165) is 21.3 Å². The summed E-state index contributed by atoms with van der Waals surface area (Å²) in [4.78, 5) is 35.5. The Balaban J connectivity index is 1.50. The smallest absolute Gasteiger partial charge is 0.411 e. The number of benzene rings is 2. The van der Waals surface area contributed by atoms with Gasteiger partial charge in [0, 0.05) is 16.6 Å². The molecule has 1 amide bonds. The molecule has 3 heterocycles. The molecule has 1 aliphatic heterocycles. The second-order valence-electron chi connectivity index (χ2n) is 9.69. The summed E-state index contributed by atoms with van der Waals surface area (Å²) < 4.78 is 18.1. The molecule has 0 bridgehead atoms. The number of aromatic nitrogens is 2. The zero-order chi connectivity index (χ0) is 24.9. The van der Waals surface area contributed by atoms with Crippen LogP contribution in [0.2, 0.25) is 0 Å². The Kier molecular flexibility index (Phi) is 5.93. The van der Waals surface area contributed by atoms with Crippen LogP contribution in [0.1, 0.15) is 38.1 Å². The van der Waals surface area contributed by atoms with Crippen LogP contribution in [0.3, 0.4) is 0 Å². The van der Waals surface area contributed by atoms with E-state index in [1.54, 1.807) is 23.2 Å². The molecule has 0 aliphatic carbocycles. The second kappa shape index (κ2) is 8.80. The lowest BCUT2D eigenvalue weighted by atomic mass is 10.1. The van der Waals surface area contributed by atoms with Crippen LogP contribution in [0.25, 0.3) is 33.3 Å². The number of fused-ring (bicyclic) bond motifs is 2. The maximum Gasteiger partial charge on any atom is 0.411 e. The minimum absolute atomic E-state index is 0.0951. The third-order valence-corrected chi connectivity index (χ3v) is 6.79. The van der Waals surface area contributed by atoms with Crippen molar-refractivity contribution in [1.29, 1.82) is 0 Å². The number of amides is 1. The lowest BCUT2D eigenvalue weighted by molar-refractivity contribution is -0.0339. The van der Waals surface area contributed by atoms with Gasteiger partial charge in [0.2, 0.25) is 5.43 Å². The SMILES string of the molecule is Cc1cc2c(=O)c3cc(-c4ncc([C@@H]5COCCN5C(=O)OC(C)(C)C)[nH]4)ccc3oc2cc1Br. The summed E-state index contributed by atoms with van der Waals surface area (Å²) in [5.41, 5.74) is 2.78. The van der Waals surface area contributed by atoms with Crippen molar-refractivity contribution in [3.8, 4) is 11.4 Å². The maximum absolute atomic E-state index is 13.2. The standard InChI is InChI=1S/C26H26BrN3O5/c1-14-9-16-22(11-18(14)27)34-21-6-5-15(10-17(21)23(16)31)24-28-12-19(29-24)20-13-33-8-7-30(20)25(32)35-26(2,3)4/h5-6,9-12,20H,7-8,13H2,1-4H3,(H,28,29)/t20-/m0/s1. The fourth-order valence-electron chi connectivity index (χ4n) is 4.18. The van der Waals surface area contributed by atoms with Crippen molar-refractivity contribution >= 4 is 44.0 Å². The number of nitrogens with zero attached hydrogens (tertiary/aromatic N) is 2. The summed E-state index contributed by atoms with van der Waals surface area (Å²) in [6.07, 6.45) is 1.30. The predicted molar refractivity (Wildman–Crippen MR) is 137 cm³/mol. The Bertz CT molecular complexity index is 1500. The summed E-state index contributed by atoms with van der Waals surface area (Å²) in [7, 11) is 0. The molecule has 182 valence electrons. The van der Waals surface area contributed by atoms with Gasteiger partial charge >= 0.3 is 6.09 Å². The van der Waals surface area contributed by atoms with Crippen LogP contribution in [0, 0.1) is 6.92 Å². The molecule has 9 heteroatoms. The molecule has 1 N–H and O–H groups in total. The molecule has 2 aromatic heterocycles. The van der Waals surface area contributed by atoms with Crippen LogP contribution in [-0.2, 0) is 9.47 Å². The van der Waals surface area contributed by atoms with Crippen LogP contribution < -0.4 is 5.43 Å². The lowest BCUT2D eigenvalue weighted by Crippen LogP contribution is -2.45. The van der Waals surface area contributed by atoms with Crippen molar-refractivity contribution in [1.82, 2.24) is 14.9 Å². The molecule has 5 rings (SSSR count). The number of H-pyrrole nitrogens is 1. The second-order valence-corrected chi connectivity index (χ2v) is 10.5. The van der Waals surface area contributed by atoms with Crippen LogP contribution in [0.4, 0.5) is 4.79 Å². The number of carbonyl (C=O) groups is 1. The van der Waals surface area contributed by atoms with E-state index in [4.69, 9.17) is 13.9 Å². The first-order valence-electron chi connectivity index (χ1n) is 11.4. The van der Waals surface area contributed by atoms with Gasteiger partial charge < -0.3 is 18.9 Å². The van der Waals surface area contributed by atoms with E-state index in [1.807, 2.05) is 45.9 Å². The number of hydrogen-bond donors (Lipinski definition) is 1. The lowest BCUT2D eigenvalue weighted by Gasteiger charge is -2.36. The molecule has 1 atom stereocenters. The molecule has 0 radical (unpaired) electrons. The van der Waals surface area contributed by atoms with Gasteiger partial charge in [0.1, 0.15) is 28.6 Å². The molecule has 1 aliphatic rings. The van der Waals surface area contributed by atoms with Gasteiger partial charge in [-0.25, -0.2) is 9.78 Å². The minimum Gasteiger partial charge on any atom is -0.456 e. The van der Waals surface area contributed by atoms with Crippen molar-refractivity contribution in [2.75, 3.05) is 19.8 Å². The first-order chi connectivity index (χ1) is 16.6. The molecule has 4 aromatic rings. The Labute approximate surface area is 210 Å². The molecule has 0 unspecified atom stereocenters. The normalized spacial score (nSPS) is 16.7. The van der Waals surface area contributed by atoms with E-state index >= 15 is 0 Å². The molecule has 0 saturated carbocycles. The fraction of sp³-hybridized carbons (Fsp3) is 0.346. The summed E-state index contributed by atoms with van der Waals surface area (Å²) in [6.45, 7) is 8.66. The fourth-order valence-corrected chi connectivity index (χ4v) is 4.51. The molecule has 1 fully saturated rings. The number of aromatic amines is 1. The van der Waals surface area contributed by atoms with Gasteiger partial charge in [-0.15, -0.1) is 0 Å². The minimum atomic E-state index is -0.593. The number of hydrogen-bond acceptors (Lipinski definition) is 6. The molecule has 0 spiro atoms. The highest BCUT2D eigenvalue weighted by molar-refractivity contribution is 9.10. The van der Waals surface area contributed by atoms with Gasteiger partial charge in [-0.1, -0.05) is 15.9 Å². The number of halogens is 1. The monoisotopic (exact) mass is 539 g/mol. The van der Waals surface area contributed by atoms with E-state index in [-0.39, 0.29) is 17.6 Å². The van der Waals surface area contributed by atoms with E-state index in [0.29, 0.717) is 47.5 Å². The highest BCUT2D eigenvalue weighted by Gasteiger charge is 2.33. The first kappa shape index (κ1) is 23.6. The zero-order valence-corrected chi connectivity index (χ0v) is 21.6. The van der Waals surface area contributed by atoms with Gasteiger partial charge in [-0.2, -0.15) is 0 Å². The van der Waals surface area contributed by atoms with E-state index < -0.39 is 5.60 Å². The highest BCUT2D eigenvalue weighted by Crippen LogP contribution is 2.30. The number of rotatable bonds is 2. The maximum atomic E-state index is 13.2. The first-order valence-corrected chi connectivity index (χ1v) is 12.2. The van der Waals surface area contributed by atoms with E-state index in [1.165, 1.54) is 0 Å². The Morgan fingerprint density at radius 2 is 1.97 bits per heavy atom. The van der Waals surface area contributed by atoms with Gasteiger partial charge in [0.05, 0.1) is 35.9 Å². The van der Waals surface area contributed by atoms with Crippen molar-refractivity contribution in [3.05, 3.63) is 62.5 Å². The van der Waals surface area contributed by atoms with Crippen molar-refractivity contribution < 1.29 is 18.7 Å². The Hall–Kier alpha value is -3.17. The number of carbonyl (C=O) groups excluding carboxylic acids is 1. The average Bonchev–Trinajstić information content (AvgIpc) is 3.30. The van der Waals surface area contributed by atoms with Gasteiger partial charge in [-0.3, -0.25) is 9.69 Å². The van der Waals surface area contributed by atoms with Crippen molar-refractivity contribution in [3.63, 3.8) is 0 Å². The third-order valence-electron chi connectivity index (χ3n) is 5.93.